The molecule has 4 nitrogen and oxygen atoms in total. The van der Waals surface area contributed by atoms with Crippen LogP contribution in [0.1, 0.15) is 10.4 Å². The lowest BCUT2D eigenvalue weighted by Crippen LogP contribution is -2.08. The normalized spacial score (nSPS) is 10.5. The minimum absolute atomic E-state index is 0.0967. The van der Waals surface area contributed by atoms with E-state index in [1.54, 1.807) is 36.4 Å². The number of aromatic nitrogens is 1. The van der Waals surface area contributed by atoms with Crippen molar-refractivity contribution in [3.8, 4) is 22.4 Å². The van der Waals surface area contributed by atoms with Crippen LogP contribution in [0.25, 0.3) is 22.4 Å². The van der Waals surface area contributed by atoms with Gasteiger partial charge in [0.1, 0.15) is 5.82 Å². The minimum Gasteiger partial charge on any atom is -0.478 e. The van der Waals surface area contributed by atoms with E-state index in [0.29, 0.717) is 22.4 Å². The number of halogens is 1. The molecule has 0 saturated carbocycles. The van der Waals surface area contributed by atoms with Crippen molar-refractivity contribution in [3.05, 3.63) is 82.4 Å². The molecule has 0 aliphatic rings. The highest BCUT2D eigenvalue weighted by Gasteiger charge is 2.12. The molecule has 2 aromatic carbocycles. The summed E-state index contributed by atoms with van der Waals surface area (Å²) in [7, 11) is 0. The fourth-order valence-corrected chi connectivity index (χ4v) is 2.40. The van der Waals surface area contributed by atoms with Gasteiger partial charge in [-0.1, -0.05) is 30.3 Å². The fourth-order valence-electron chi connectivity index (χ4n) is 2.40. The average molecular weight is 309 g/mol. The van der Waals surface area contributed by atoms with Crippen molar-refractivity contribution in [2.24, 2.45) is 0 Å². The van der Waals surface area contributed by atoms with Gasteiger partial charge in [0.2, 0.25) is 5.56 Å². The Labute approximate surface area is 130 Å². The highest BCUT2D eigenvalue weighted by atomic mass is 19.1. The van der Waals surface area contributed by atoms with Crippen LogP contribution in [0.4, 0.5) is 4.39 Å². The number of carbonyl (C=O) groups is 1. The van der Waals surface area contributed by atoms with Crippen molar-refractivity contribution in [3.63, 3.8) is 0 Å². The zero-order valence-electron chi connectivity index (χ0n) is 11.9. The van der Waals surface area contributed by atoms with Gasteiger partial charge in [-0.25, -0.2) is 9.18 Å². The number of rotatable bonds is 3. The molecule has 0 saturated heterocycles. The summed E-state index contributed by atoms with van der Waals surface area (Å²) in [6.07, 6.45) is 0. The number of carboxylic acids is 1. The molecule has 23 heavy (non-hydrogen) atoms. The minimum atomic E-state index is -1.08. The Hall–Kier alpha value is -3.21. The molecule has 0 bridgehead atoms. The summed E-state index contributed by atoms with van der Waals surface area (Å²) in [4.78, 5) is 25.9. The number of carboxylic acid groups (broad SMARTS) is 1. The Kier molecular flexibility index (Phi) is 3.76. The summed E-state index contributed by atoms with van der Waals surface area (Å²) < 4.78 is 13.0. The molecule has 0 unspecified atom stereocenters. The van der Waals surface area contributed by atoms with E-state index in [1.807, 2.05) is 0 Å². The lowest BCUT2D eigenvalue weighted by Gasteiger charge is -2.08. The van der Waals surface area contributed by atoms with Gasteiger partial charge in [-0.2, -0.15) is 0 Å². The Morgan fingerprint density at radius 1 is 0.957 bits per heavy atom. The maximum atomic E-state index is 13.0. The van der Waals surface area contributed by atoms with Crippen molar-refractivity contribution in [1.29, 1.82) is 0 Å². The Morgan fingerprint density at radius 2 is 1.65 bits per heavy atom. The molecule has 0 spiro atoms. The van der Waals surface area contributed by atoms with Gasteiger partial charge < -0.3 is 10.1 Å². The highest BCUT2D eigenvalue weighted by molar-refractivity contribution is 5.95. The van der Waals surface area contributed by atoms with Crippen molar-refractivity contribution in [1.82, 2.24) is 4.98 Å². The standard InChI is InChI=1S/C18H12FNO3/c19-13-7-5-11(6-8-13)12-9-16(20-17(21)10-12)14-3-1-2-4-15(14)18(22)23/h1-10H,(H,20,21)(H,22,23). The number of benzene rings is 2. The van der Waals surface area contributed by atoms with Gasteiger partial charge in [0, 0.05) is 17.3 Å². The van der Waals surface area contributed by atoms with Gasteiger partial charge in [0.05, 0.1) is 5.56 Å². The molecule has 1 aromatic heterocycles. The smallest absolute Gasteiger partial charge is 0.336 e. The van der Waals surface area contributed by atoms with Crippen LogP contribution < -0.4 is 5.56 Å². The van der Waals surface area contributed by atoms with Crippen LogP contribution in [-0.2, 0) is 0 Å². The van der Waals surface area contributed by atoms with Crippen LogP contribution in [0.3, 0.4) is 0 Å². The van der Waals surface area contributed by atoms with Gasteiger partial charge in [-0.15, -0.1) is 0 Å². The predicted molar refractivity (Wildman–Crippen MR) is 84.9 cm³/mol. The van der Waals surface area contributed by atoms with E-state index in [0.717, 1.165) is 0 Å². The highest BCUT2D eigenvalue weighted by Crippen LogP contribution is 2.26. The lowest BCUT2D eigenvalue weighted by atomic mass is 10.0. The molecule has 5 heteroatoms. The number of nitrogens with one attached hydrogen (secondary N) is 1. The molecule has 1 heterocycles. The van der Waals surface area contributed by atoms with E-state index in [4.69, 9.17) is 0 Å². The molecule has 0 amide bonds. The van der Waals surface area contributed by atoms with Gasteiger partial charge in [0.15, 0.2) is 0 Å². The third kappa shape index (κ3) is 3.03. The zero-order chi connectivity index (χ0) is 16.4. The first-order chi connectivity index (χ1) is 11.0. The summed E-state index contributed by atoms with van der Waals surface area (Å²) in [6.45, 7) is 0. The second-order valence-corrected chi connectivity index (χ2v) is 5.00. The van der Waals surface area contributed by atoms with Crippen LogP contribution >= 0.6 is 0 Å². The third-order valence-electron chi connectivity index (χ3n) is 3.47. The summed E-state index contributed by atoms with van der Waals surface area (Å²) in [6, 6.07) is 15.2. The van der Waals surface area contributed by atoms with Crippen molar-refractivity contribution in [2.75, 3.05) is 0 Å². The topological polar surface area (TPSA) is 70.2 Å². The third-order valence-corrected chi connectivity index (χ3v) is 3.47. The first kappa shape index (κ1) is 14.7. The van der Waals surface area contributed by atoms with Crippen LogP contribution in [0.2, 0.25) is 0 Å². The Bertz CT molecular complexity index is 929. The molecule has 0 aliphatic heterocycles. The lowest BCUT2D eigenvalue weighted by molar-refractivity contribution is 0.0697. The van der Waals surface area contributed by atoms with E-state index in [1.165, 1.54) is 24.3 Å². The molecular formula is C18H12FNO3. The molecule has 0 fully saturated rings. The molecule has 3 aromatic rings. The van der Waals surface area contributed by atoms with Crippen LogP contribution in [0, 0.1) is 5.82 Å². The maximum absolute atomic E-state index is 13.0. The number of H-pyrrole nitrogens is 1. The van der Waals surface area contributed by atoms with E-state index in [-0.39, 0.29) is 16.9 Å². The van der Waals surface area contributed by atoms with Crippen LogP contribution in [0.5, 0.6) is 0 Å². The largest absolute Gasteiger partial charge is 0.478 e. The molecule has 0 atom stereocenters. The molecule has 0 aliphatic carbocycles. The van der Waals surface area contributed by atoms with E-state index >= 15 is 0 Å². The predicted octanol–water partition coefficient (Wildman–Crippen LogP) is 3.55. The van der Waals surface area contributed by atoms with Crippen LogP contribution in [-0.4, -0.2) is 16.1 Å². The monoisotopic (exact) mass is 309 g/mol. The molecule has 3 rings (SSSR count). The number of aromatic carboxylic acids is 1. The quantitative estimate of drug-likeness (QED) is 0.777. The molecule has 2 N–H and O–H groups in total. The number of pyridine rings is 1. The molecule has 114 valence electrons. The Balaban J connectivity index is 2.17. The Morgan fingerprint density at radius 3 is 2.35 bits per heavy atom. The van der Waals surface area contributed by atoms with Gasteiger partial charge in [-0.3, -0.25) is 4.79 Å². The first-order valence-electron chi connectivity index (χ1n) is 6.87. The van der Waals surface area contributed by atoms with E-state index < -0.39 is 5.97 Å². The SMILES string of the molecule is O=C(O)c1ccccc1-c1cc(-c2ccc(F)cc2)cc(=O)[nH]1. The van der Waals surface area contributed by atoms with Crippen molar-refractivity contribution < 1.29 is 14.3 Å². The van der Waals surface area contributed by atoms with Gasteiger partial charge in [-0.05, 0) is 35.4 Å². The van der Waals surface area contributed by atoms with Crippen molar-refractivity contribution in [2.45, 2.75) is 0 Å². The van der Waals surface area contributed by atoms with Gasteiger partial charge in [0.25, 0.3) is 0 Å². The summed E-state index contributed by atoms with van der Waals surface area (Å²) >= 11 is 0. The fraction of sp³-hybridized carbons (Fsp3) is 0. The zero-order valence-corrected chi connectivity index (χ0v) is 11.9. The van der Waals surface area contributed by atoms with Gasteiger partial charge >= 0.3 is 5.97 Å². The summed E-state index contributed by atoms with van der Waals surface area (Å²) in [5.41, 5.74) is 1.81. The average Bonchev–Trinajstić information content (AvgIpc) is 2.55. The van der Waals surface area contributed by atoms with E-state index in [2.05, 4.69) is 4.98 Å². The van der Waals surface area contributed by atoms with E-state index in [9.17, 15) is 19.1 Å². The summed E-state index contributed by atoms with van der Waals surface area (Å²) in [5.74, 6) is -1.44. The summed E-state index contributed by atoms with van der Waals surface area (Å²) in [5, 5.41) is 9.28. The van der Waals surface area contributed by atoms with Crippen molar-refractivity contribution >= 4 is 5.97 Å². The second kappa shape index (κ2) is 5.88. The maximum Gasteiger partial charge on any atom is 0.336 e. The number of hydrogen-bond donors (Lipinski definition) is 2. The molecular weight excluding hydrogens is 297 g/mol. The number of hydrogen-bond acceptors (Lipinski definition) is 2. The molecule has 0 radical (unpaired) electrons. The first-order valence-corrected chi connectivity index (χ1v) is 6.87. The number of aromatic amines is 1. The second-order valence-electron chi connectivity index (χ2n) is 5.00. The van der Waals surface area contributed by atoms with Crippen LogP contribution in [0.15, 0.2) is 65.5 Å².